The van der Waals surface area contributed by atoms with Gasteiger partial charge in [-0.25, -0.2) is 0 Å². The standard InChI is InChI=1S/C13H20N2O2/c1-5-15(6-2)10-8-7-9-11-12(16)13(3,4)17-14-11/h7-10H,5-6H2,1-4H3. The molecule has 0 aromatic carbocycles. The first-order valence-corrected chi connectivity index (χ1v) is 5.91. The molecule has 0 aromatic heterocycles. The molecule has 0 N–H and O–H groups in total. The first-order chi connectivity index (χ1) is 8.01. The molecule has 0 aromatic rings. The van der Waals surface area contributed by atoms with Gasteiger partial charge in [0, 0.05) is 13.1 Å². The van der Waals surface area contributed by atoms with Gasteiger partial charge in [0.25, 0.3) is 0 Å². The lowest BCUT2D eigenvalue weighted by Gasteiger charge is -2.13. The predicted octanol–water partition coefficient (Wildman–Crippen LogP) is 2.13. The predicted molar refractivity (Wildman–Crippen MR) is 68.8 cm³/mol. The molecule has 0 saturated heterocycles. The van der Waals surface area contributed by atoms with Crippen LogP contribution >= 0.6 is 0 Å². The van der Waals surface area contributed by atoms with Gasteiger partial charge in [-0.1, -0.05) is 11.2 Å². The Balaban J connectivity index is 2.54. The molecule has 0 spiro atoms. The van der Waals surface area contributed by atoms with Gasteiger partial charge < -0.3 is 9.74 Å². The van der Waals surface area contributed by atoms with Gasteiger partial charge in [-0.2, -0.15) is 0 Å². The fourth-order valence-corrected chi connectivity index (χ4v) is 1.41. The summed E-state index contributed by atoms with van der Waals surface area (Å²) in [6, 6.07) is 0. The highest BCUT2D eigenvalue weighted by atomic mass is 16.7. The average Bonchev–Trinajstić information content (AvgIpc) is 2.56. The lowest BCUT2D eigenvalue weighted by molar-refractivity contribution is -0.128. The maximum Gasteiger partial charge on any atom is 0.230 e. The largest absolute Gasteiger partial charge is 0.381 e. The van der Waals surface area contributed by atoms with Gasteiger partial charge in [0.05, 0.1) is 0 Å². The van der Waals surface area contributed by atoms with Crippen LogP contribution in [0.4, 0.5) is 0 Å². The van der Waals surface area contributed by atoms with Crippen molar-refractivity contribution in [1.82, 2.24) is 4.90 Å². The van der Waals surface area contributed by atoms with Crippen molar-refractivity contribution in [3.8, 4) is 0 Å². The summed E-state index contributed by atoms with van der Waals surface area (Å²) >= 11 is 0. The van der Waals surface area contributed by atoms with Crippen LogP contribution < -0.4 is 0 Å². The average molecular weight is 236 g/mol. The molecule has 0 bridgehead atoms. The molecule has 0 amide bonds. The normalized spacial score (nSPS) is 18.8. The molecule has 4 heteroatoms. The van der Waals surface area contributed by atoms with Gasteiger partial charge in [0.15, 0.2) is 5.60 Å². The second-order valence-electron chi connectivity index (χ2n) is 4.33. The molecule has 1 rings (SSSR count). The quantitative estimate of drug-likeness (QED) is 0.687. The third-order valence-corrected chi connectivity index (χ3v) is 2.63. The summed E-state index contributed by atoms with van der Waals surface area (Å²) in [4.78, 5) is 18.9. The van der Waals surface area contributed by atoms with Crippen LogP contribution in [0.3, 0.4) is 0 Å². The van der Waals surface area contributed by atoms with Crippen molar-refractivity contribution >= 4 is 11.5 Å². The molecule has 1 aliphatic rings. The molecule has 0 aliphatic carbocycles. The summed E-state index contributed by atoms with van der Waals surface area (Å²) < 4.78 is 0. The third kappa shape index (κ3) is 3.44. The highest BCUT2D eigenvalue weighted by molar-refractivity contribution is 6.47. The fourth-order valence-electron chi connectivity index (χ4n) is 1.41. The second-order valence-corrected chi connectivity index (χ2v) is 4.33. The first kappa shape index (κ1) is 13.5. The SMILES string of the molecule is CCN(C=CC=CC1=NOC(C)(C)C1=O)CC. The van der Waals surface area contributed by atoms with E-state index in [2.05, 4.69) is 23.9 Å². The Morgan fingerprint density at radius 1 is 1.29 bits per heavy atom. The Morgan fingerprint density at radius 3 is 2.41 bits per heavy atom. The number of rotatable bonds is 5. The number of allylic oxidation sites excluding steroid dienone is 3. The third-order valence-electron chi connectivity index (χ3n) is 2.63. The molecule has 0 radical (unpaired) electrons. The minimum absolute atomic E-state index is 0.0787. The number of oxime groups is 1. The van der Waals surface area contributed by atoms with Gasteiger partial charge in [-0.15, -0.1) is 0 Å². The van der Waals surface area contributed by atoms with E-state index >= 15 is 0 Å². The van der Waals surface area contributed by atoms with Crippen LogP contribution in [0.5, 0.6) is 0 Å². The van der Waals surface area contributed by atoms with Crippen molar-refractivity contribution in [3.05, 3.63) is 24.4 Å². The van der Waals surface area contributed by atoms with E-state index in [9.17, 15) is 4.79 Å². The number of hydrogen-bond acceptors (Lipinski definition) is 4. The van der Waals surface area contributed by atoms with Crippen molar-refractivity contribution in [2.75, 3.05) is 13.1 Å². The van der Waals surface area contributed by atoms with E-state index in [1.807, 2.05) is 12.3 Å². The fraction of sp³-hybridized carbons (Fsp3) is 0.538. The van der Waals surface area contributed by atoms with Crippen LogP contribution in [0.25, 0.3) is 0 Å². The maximum absolute atomic E-state index is 11.7. The van der Waals surface area contributed by atoms with Crippen LogP contribution in [-0.4, -0.2) is 35.1 Å². The molecule has 0 unspecified atom stereocenters. The number of carbonyl (C=O) groups excluding carboxylic acids is 1. The molecule has 0 fully saturated rings. The molecular formula is C13H20N2O2. The van der Waals surface area contributed by atoms with Crippen LogP contribution in [0.15, 0.2) is 29.6 Å². The Bertz CT molecular complexity index is 364. The summed E-state index contributed by atoms with van der Waals surface area (Å²) in [5.41, 5.74) is -0.443. The number of carbonyl (C=O) groups is 1. The summed E-state index contributed by atoms with van der Waals surface area (Å²) in [5.74, 6) is -0.0787. The van der Waals surface area contributed by atoms with Gasteiger partial charge >= 0.3 is 0 Å². The Labute approximate surface area is 103 Å². The number of nitrogens with zero attached hydrogens (tertiary/aromatic N) is 2. The second kappa shape index (κ2) is 5.66. The van der Waals surface area contributed by atoms with Crippen molar-refractivity contribution in [2.45, 2.75) is 33.3 Å². The van der Waals surface area contributed by atoms with E-state index in [1.165, 1.54) is 0 Å². The Morgan fingerprint density at radius 2 is 1.94 bits per heavy atom. The smallest absolute Gasteiger partial charge is 0.230 e. The van der Waals surface area contributed by atoms with E-state index in [0.717, 1.165) is 13.1 Å². The lowest BCUT2D eigenvalue weighted by atomic mass is 10.0. The van der Waals surface area contributed by atoms with Gasteiger partial charge in [-0.05, 0) is 46.0 Å². The number of Topliss-reactive ketones (excluding diaryl/α,β-unsaturated/α-hetero) is 1. The molecule has 0 saturated carbocycles. The van der Waals surface area contributed by atoms with Crippen molar-refractivity contribution < 1.29 is 9.63 Å². The lowest BCUT2D eigenvalue weighted by Crippen LogP contribution is -2.31. The molecular weight excluding hydrogens is 216 g/mol. The number of hydrogen-bond donors (Lipinski definition) is 0. The van der Waals surface area contributed by atoms with Crippen LogP contribution in [-0.2, 0) is 9.63 Å². The molecule has 4 nitrogen and oxygen atoms in total. The van der Waals surface area contributed by atoms with Crippen LogP contribution in [0.1, 0.15) is 27.7 Å². The van der Waals surface area contributed by atoms with E-state index in [-0.39, 0.29) is 5.78 Å². The zero-order valence-corrected chi connectivity index (χ0v) is 10.9. The highest BCUT2D eigenvalue weighted by Gasteiger charge is 2.38. The van der Waals surface area contributed by atoms with E-state index in [4.69, 9.17) is 4.84 Å². The molecule has 17 heavy (non-hydrogen) atoms. The zero-order chi connectivity index (χ0) is 12.9. The van der Waals surface area contributed by atoms with Crippen molar-refractivity contribution in [2.24, 2.45) is 5.16 Å². The van der Waals surface area contributed by atoms with E-state index in [1.54, 1.807) is 26.0 Å². The van der Waals surface area contributed by atoms with Crippen LogP contribution in [0, 0.1) is 0 Å². The molecule has 1 aliphatic heterocycles. The maximum atomic E-state index is 11.7. The highest BCUT2D eigenvalue weighted by Crippen LogP contribution is 2.19. The minimum atomic E-state index is -0.817. The van der Waals surface area contributed by atoms with E-state index < -0.39 is 5.60 Å². The zero-order valence-electron chi connectivity index (χ0n) is 10.9. The summed E-state index contributed by atoms with van der Waals surface area (Å²) in [7, 11) is 0. The van der Waals surface area contributed by atoms with Gasteiger partial charge in [-0.3, -0.25) is 4.79 Å². The minimum Gasteiger partial charge on any atom is -0.381 e. The monoisotopic (exact) mass is 236 g/mol. The van der Waals surface area contributed by atoms with Crippen LogP contribution in [0.2, 0.25) is 0 Å². The molecule has 1 heterocycles. The summed E-state index contributed by atoms with van der Waals surface area (Å²) in [5, 5.41) is 3.76. The summed E-state index contributed by atoms with van der Waals surface area (Å²) in [6.07, 6.45) is 7.37. The first-order valence-electron chi connectivity index (χ1n) is 5.91. The topological polar surface area (TPSA) is 41.9 Å². The van der Waals surface area contributed by atoms with Gasteiger partial charge in [0.1, 0.15) is 5.71 Å². The van der Waals surface area contributed by atoms with Crippen molar-refractivity contribution in [3.63, 3.8) is 0 Å². The Kier molecular flexibility index (Phi) is 4.49. The Hall–Kier alpha value is -1.58. The molecule has 0 atom stereocenters. The van der Waals surface area contributed by atoms with Gasteiger partial charge in [0.2, 0.25) is 5.78 Å². The number of ketones is 1. The van der Waals surface area contributed by atoms with E-state index in [0.29, 0.717) is 5.71 Å². The molecule has 94 valence electrons. The summed E-state index contributed by atoms with van der Waals surface area (Å²) in [6.45, 7) is 9.56. The van der Waals surface area contributed by atoms with Crippen molar-refractivity contribution in [1.29, 1.82) is 0 Å².